The maximum atomic E-state index is 8.78. The summed E-state index contributed by atoms with van der Waals surface area (Å²) < 4.78 is 4.25. The summed E-state index contributed by atoms with van der Waals surface area (Å²) in [5, 5.41) is 23.2. The van der Waals surface area contributed by atoms with E-state index in [-0.39, 0.29) is 6.61 Å². The van der Waals surface area contributed by atoms with E-state index in [4.69, 9.17) is 20.1 Å². The molecule has 0 spiro atoms. The van der Waals surface area contributed by atoms with Gasteiger partial charge in [0.1, 0.15) is 0 Å². The average Bonchev–Trinajstić information content (AvgIpc) is 1.88. The minimum absolute atomic E-state index is 0.139. The third-order valence-electron chi connectivity index (χ3n) is 0.264. The van der Waals surface area contributed by atoms with Gasteiger partial charge in [0.25, 0.3) is 0 Å². The number of primary amides is 1. The van der Waals surface area contributed by atoms with Crippen LogP contribution in [0.4, 0.5) is 4.79 Å². The molecule has 0 fully saturated rings. The van der Waals surface area contributed by atoms with Crippen LogP contribution < -0.4 is 5.73 Å². The maximum Gasteiger partial charge on any atom is 0.402 e. The number of aliphatic hydroxyl groups excluding tert-OH is 2. The molecule has 5 N–H and O–H groups in total. The molecule has 1 amide bonds. The van der Waals surface area contributed by atoms with Gasteiger partial charge < -0.3 is 25.8 Å². The predicted molar refractivity (Wildman–Crippen MR) is 43.9 cm³/mol. The van der Waals surface area contributed by atoms with E-state index in [1.165, 1.54) is 6.92 Å². The van der Waals surface area contributed by atoms with Crippen molar-refractivity contribution in [2.75, 3.05) is 20.8 Å². The lowest BCUT2D eigenvalue weighted by Crippen LogP contribution is -2.03. The van der Waals surface area contributed by atoms with Crippen molar-refractivity contribution < 1.29 is 24.9 Å². The topological polar surface area (TPSA) is 113 Å². The predicted octanol–water partition coefficient (Wildman–Crippen LogP) is -0.755. The standard InChI is InChI=1S/C3H8O2.C2H6O.CH3NO2/c1-3(5)2-4;1-3-2;2-1(3)4/h3-5H,2H2,1H3;1-2H3;2H2,(H,3,4). The highest BCUT2D eigenvalue weighted by molar-refractivity contribution is 5.61. The molecule has 0 aliphatic rings. The maximum absolute atomic E-state index is 8.78. The Labute approximate surface area is 71.6 Å². The van der Waals surface area contributed by atoms with E-state index in [1.807, 2.05) is 0 Å². The van der Waals surface area contributed by atoms with Crippen LogP contribution in [0.1, 0.15) is 6.92 Å². The number of nitrogens with two attached hydrogens (primary N) is 1. The van der Waals surface area contributed by atoms with E-state index in [2.05, 4.69) is 10.5 Å². The summed E-state index contributed by atoms with van der Waals surface area (Å²) in [5.41, 5.74) is 4.03. The largest absolute Gasteiger partial charge is 0.465 e. The summed E-state index contributed by atoms with van der Waals surface area (Å²) in [6.45, 7) is 1.39. The Balaban J connectivity index is -0.000000105. The first-order valence-corrected chi connectivity index (χ1v) is 3.09. The van der Waals surface area contributed by atoms with Gasteiger partial charge in [0.2, 0.25) is 0 Å². The minimum atomic E-state index is -1.33. The van der Waals surface area contributed by atoms with E-state index in [9.17, 15) is 0 Å². The molecule has 76 valence electrons. The molecule has 1 unspecified atom stereocenters. The number of carboxylic acid groups (broad SMARTS) is 1. The van der Waals surface area contributed by atoms with Crippen LogP contribution in [-0.2, 0) is 4.74 Å². The fraction of sp³-hybridized carbons (Fsp3) is 0.833. The van der Waals surface area contributed by atoms with Crippen molar-refractivity contribution in [1.82, 2.24) is 0 Å². The fourth-order valence-corrected chi connectivity index (χ4v) is 0. The van der Waals surface area contributed by atoms with Gasteiger partial charge in [-0.2, -0.15) is 0 Å². The molecule has 6 heteroatoms. The number of hydrogen-bond donors (Lipinski definition) is 4. The molecule has 0 rings (SSSR count). The van der Waals surface area contributed by atoms with Gasteiger partial charge in [-0.3, -0.25) is 0 Å². The monoisotopic (exact) mass is 183 g/mol. The van der Waals surface area contributed by atoms with Crippen molar-refractivity contribution in [3.05, 3.63) is 0 Å². The molecule has 0 radical (unpaired) electrons. The van der Waals surface area contributed by atoms with Gasteiger partial charge in [-0.05, 0) is 6.92 Å². The van der Waals surface area contributed by atoms with Crippen molar-refractivity contribution in [3.63, 3.8) is 0 Å². The lowest BCUT2D eigenvalue weighted by Gasteiger charge is -1.90. The van der Waals surface area contributed by atoms with Gasteiger partial charge in [-0.25, -0.2) is 4.79 Å². The second kappa shape index (κ2) is 16.6. The van der Waals surface area contributed by atoms with Crippen LogP contribution in [0.5, 0.6) is 0 Å². The number of hydrogen-bond acceptors (Lipinski definition) is 4. The number of amides is 1. The molecule has 0 aliphatic heterocycles. The highest BCUT2D eigenvalue weighted by atomic mass is 16.4. The molecule has 1 atom stereocenters. The van der Waals surface area contributed by atoms with Gasteiger partial charge in [0, 0.05) is 14.2 Å². The first-order valence-electron chi connectivity index (χ1n) is 3.09. The SMILES string of the molecule is CC(O)CO.COC.NC(=O)O. The highest BCUT2D eigenvalue weighted by Gasteiger charge is 1.83. The highest BCUT2D eigenvalue weighted by Crippen LogP contribution is 1.68. The summed E-state index contributed by atoms with van der Waals surface area (Å²) in [6, 6.07) is 0. The number of carbonyl (C=O) groups is 1. The van der Waals surface area contributed by atoms with Crippen LogP contribution in [0, 0.1) is 0 Å². The lowest BCUT2D eigenvalue weighted by molar-refractivity contribution is 0.110. The van der Waals surface area contributed by atoms with Crippen LogP contribution in [0.3, 0.4) is 0 Å². The Bertz CT molecular complexity index is 82.0. The Kier molecular flexibility index (Phi) is 24.0. The van der Waals surface area contributed by atoms with Crippen LogP contribution in [0.15, 0.2) is 0 Å². The third-order valence-corrected chi connectivity index (χ3v) is 0.264. The van der Waals surface area contributed by atoms with Crippen molar-refractivity contribution in [1.29, 1.82) is 0 Å². The van der Waals surface area contributed by atoms with Crippen molar-refractivity contribution in [2.24, 2.45) is 5.73 Å². The number of rotatable bonds is 1. The first kappa shape index (κ1) is 17.3. The van der Waals surface area contributed by atoms with Gasteiger partial charge in [-0.15, -0.1) is 0 Å². The fourth-order valence-electron chi connectivity index (χ4n) is 0. The van der Waals surface area contributed by atoms with Crippen LogP contribution in [0.2, 0.25) is 0 Å². The molecule has 0 bridgehead atoms. The number of aliphatic hydroxyl groups is 2. The summed E-state index contributed by atoms with van der Waals surface area (Å²) in [7, 11) is 3.25. The molecule has 12 heavy (non-hydrogen) atoms. The summed E-state index contributed by atoms with van der Waals surface area (Å²) in [4.78, 5) is 8.78. The normalized spacial score (nSPS) is 9.75. The molecule has 0 saturated carbocycles. The van der Waals surface area contributed by atoms with Gasteiger partial charge in [0.15, 0.2) is 0 Å². The van der Waals surface area contributed by atoms with Crippen LogP contribution in [0.25, 0.3) is 0 Å². The molecule has 0 aliphatic carbocycles. The molecule has 0 aromatic heterocycles. The zero-order valence-electron chi connectivity index (χ0n) is 7.52. The molecular weight excluding hydrogens is 166 g/mol. The smallest absolute Gasteiger partial charge is 0.402 e. The molecule has 6 nitrogen and oxygen atoms in total. The summed E-state index contributed by atoms with van der Waals surface area (Å²) >= 11 is 0. The quantitative estimate of drug-likeness (QED) is 0.427. The second-order valence-corrected chi connectivity index (χ2v) is 1.78. The number of ether oxygens (including phenoxy) is 1. The van der Waals surface area contributed by atoms with Crippen LogP contribution in [-0.4, -0.2) is 48.3 Å². The van der Waals surface area contributed by atoms with E-state index in [0.29, 0.717) is 0 Å². The third kappa shape index (κ3) is 460. The first-order chi connectivity index (χ1) is 5.42. The van der Waals surface area contributed by atoms with Gasteiger partial charge in [-0.1, -0.05) is 0 Å². The number of methoxy groups -OCH3 is 1. The Morgan fingerprint density at radius 2 is 1.67 bits per heavy atom. The summed E-state index contributed by atoms with van der Waals surface area (Å²) in [6.07, 6.45) is -1.89. The molecule has 0 aromatic carbocycles. The molecular formula is C6H17NO5. The second-order valence-electron chi connectivity index (χ2n) is 1.78. The van der Waals surface area contributed by atoms with Crippen molar-refractivity contribution in [3.8, 4) is 0 Å². The Morgan fingerprint density at radius 1 is 1.58 bits per heavy atom. The van der Waals surface area contributed by atoms with E-state index < -0.39 is 12.2 Å². The zero-order valence-corrected chi connectivity index (χ0v) is 7.52. The van der Waals surface area contributed by atoms with Gasteiger partial charge in [0.05, 0.1) is 12.7 Å². The average molecular weight is 183 g/mol. The zero-order chi connectivity index (χ0) is 10.6. The Hall–Kier alpha value is -0.850. The minimum Gasteiger partial charge on any atom is -0.465 e. The molecule has 0 aromatic rings. The van der Waals surface area contributed by atoms with Gasteiger partial charge >= 0.3 is 6.09 Å². The van der Waals surface area contributed by atoms with Crippen LogP contribution >= 0.6 is 0 Å². The van der Waals surface area contributed by atoms with E-state index in [1.54, 1.807) is 14.2 Å². The molecule has 0 heterocycles. The van der Waals surface area contributed by atoms with Crippen molar-refractivity contribution >= 4 is 6.09 Å². The van der Waals surface area contributed by atoms with Crippen molar-refractivity contribution in [2.45, 2.75) is 13.0 Å². The summed E-state index contributed by atoms with van der Waals surface area (Å²) in [5.74, 6) is 0. The van der Waals surface area contributed by atoms with E-state index in [0.717, 1.165) is 0 Å². The van der Waals surface area contributed by atoms with E-state index >= 15 is 0 Å². The molecule has 0 saturated heterocycles. The Morgan fingerprint density at radius 3 is 1.67 bits per heavy atom. The lowest BCUT2D eigenvalue weighted by atomic mass is 10.5.